The molecule has 0 saturated heterocycles. The van der Waals surface area contributed by atoms with Gasteiger partial charge in [-0.3, -0.25) is 14.5 Å². The normalized spacial score (nSPS) is 11.3. The maximum Gasteiger partial charge on any atom is 0.303 e. The van der Waals surface area contributed by atoms with Crippen molar-refractivity contribution < 1.29 is 14.7 Å². The molecule has 112 valence electrons. The van der Waals surface area contributed by atoms with Gasteiger partial charge in [0.1, 0.15) is 0 Å². The highest BCUT2D eigenvalue weighted by Crippen LogP contribution is 2.06. The molecule has 0 aromatic carbocycles. The second kappa shape index (κ2) is 9.78. The Hall–Kier alpha value is -1.10. The van der Waals surface area contributed by atoms with Gasteiger partial charge in [0.15, 0.2) is 0 Å². The van der Waals surface area contributed by atoms with Crippen LogP contribution in [-0.4, -0.2) is 47.1 Å². The summed E-state index contributed by atoms with van der Waals surface area (Å²) >= 11 is 0. The molecule has 1 amide bonds. The Morgan fingerprint density at radius 2 is 1.63 bits per heavy atom. The molecule has 5 heteroatoms. The molecule has 0 unspecified atom stereocenters. The van der Waals surface area contributed by atoms with E-state index >= 15 is 0 Å². The van der Waals surface area contributed by atoms with Crippen LogP contribution in [0.3, 0.4) is 0 Å². The lowest BCUT2D eigenvalue weighted by Crippen LogP contribution is -2.38. The lowest BCUT2D eigenvalue weighted by molar-refractivity contribution is -0.138. The van der Waals surface area contributed by atoms with E-state index in [4.69, 9.17) is 5.11 Å². The minimum absolute atomic E-state index is 0.0689. The second-order valence-electron chi connectivity index (χ2n) is 5.38. The van der Waals surface area contributed by atoms with E-state index < -0.39 is 5.97 Å². The molecule has 0 rings (SSSR count). The molecular formula is C14H28N2O3. The molecule has 0 aliphatic rings. The second-order valence-corrected chi connectivity index (χ2v) is 5.38. The van der Waals surface area contributed by atoms with Crippen LogP contribution >= 0.6 is 0 Å². The minimum Gasteiger partial charge on any atom is -0.481 e. The van der Waals surface area contributed by atoms with Gasteiger partial charge in [0, 0.05) is 25.0 Å². The molecule has 0 fully saturated rings. The number of nitrogens with one attached hydrogen (secondary N) is 1. The number of nitrogens with zero attached hydrogens (tertiary/aromatic N) is 1. The number of unbranched alkanes of at least 4 members (excludes halogenated alkanes) is 1. The first-order chi connectivity index (χ1) is 8.84. The summed E-state index contributed by atoms with van der Waals surface area (Å²) in [6.07, 6.45) is 1.93. The molecule has 0 bridgehead atoms. The molecule has 2 N–H and O–H groups in total. The molecule has 0 heterocycles. The lowest BCUT2D eigenvalue weighted by Gasteiger charge is -2.30. The zero-order chi connectivity index (χ0) is 14.8. The summed E-state index contributed by atoms with van der Waals surface area (Å²) in [6.45, 7) is 10.4. The van der Waals surface area contributed by atoms with E-state index in [0.29, 0.717) is 18.6 Å². The van der Waals surface area contributed by atoms with Crippen molar-refractivity contribution in [2.24, 2.45) is 0 Å². The fraction of sp³-hybridized carbons (Fsp3) is 0.857. The molecule has 0 aromatic heterocycles. The first-order valence-electron chi connectivity index (χ1n) is 7.08. The first-order valence-corrected chi connectivity index (χ1v) is 7.08. The van der Waals surface area contributed by atoms with Gasteiger partial charge in [-0.05, 0) is 47.1 Å². The number of carbonyl (C=O) groups is 2. The number of carboxylic acids is 1. The summed E-state index contributed by atoms with van der Waals surface area (Å²) in [5.74, 6) is -1.10. The Morgan fingerprint density at radius 1 is 1.05 bits per heavy atom. The molecule has 19 heavy (non-hydrogen) atoms. The summed E-state index contributed by atoms with van der Waals surface area (Å²) in [5.41, 5.74) is 0. The number of hydrogen-bond donors (Lipinski definition) is 2. The van der Waals surface area contributed by atoms with Crippen molar-refractivity contribution in [1.82, 2.24) is 10.2 Å². The fourth-order valence-corrected chi connectivity index (χ4v) is 2.07. The van der Waals surface area contributed by atoms with Gasteiger partial charge in [0.05, 0.1) is 6.42 Å². The first kappa shape index (κ1) is 17.9. The highest BCUT2D eigenvalue weighted by atomic mass is 16.4. The highest BCUT2D eigenvalue weighted by molar-refractivity contribution is 5.80. The van der Waals surface area contributed by atoms with Gasteiger partial charge in [0.2, 0.25) is 5.91 Å². The zero-order valence-corrected chi connectivity index (χ0v) is 12.6. The van der Waals surface area contributed by atoms with Crippen LogP contribution in [0, 0.1) is 0 Å². The standard InChI is InChI=1S/C14H28N2O3/c1-11(2)16(12(3)4)10-6-5-9-15-13(17)7-8-14(18)19/h11-12H,5-10H2,1-4H3,(H,15,17)(H,18,19). The Bertz CT molecular complexity index is 270. The number of carboxylic acid groups (broad SMARTS) is 1. The average molecular weight is 272 g/mol. The van der Waals surface area contributed by atoms with Gasteiger partial charge >= 0.3 is 5.97 Å². The highest BCUT2D eigenvalue weighted by Gasteiger charge is 2.12. The van der Waals surface area contributed by atoms with Crippen LogP contribution in [0.15, 0.2) is 0 Å². The van der Waals surface area contributed by atoms with Crippen LogP contribution < -0.4 is 5.32 Å². The predicted molar refractivity (Wildman–Crippen MR) is 76.1 cm³/mol. The largest absolute Gasteiger partial charge is 0.481 e. The van der Waals surface area contributed by atoms with Gasteiger partial charge in [-0.2, -0.15) is 0 Å². The van der Waals surface area contributed by atoms with Crippen molar-refractivity contribution in [2.45, 2.75) is 65.5 Å². The number of amides is 1. The van der Waals surface area contributed by atoms with Crippen molar-refractivity contribution >= 4 is 11.9 Å². The van der Waals surface area contributed by atoms with E-state index in [1.54, 1.807) is 0 Å². The van der Waals surface area contributed by atoms with E-state index in [0.717, 1.165) is 19.4 Å². The summed E-state index contributed by atoms with van der Waals surface area (Å²) in [7, 11) is 0. The van der Waals surface area contributed by atoms with E-state index in [9.17, 15) is 9.59 Å². The quantitative estimate of drug-likeness (QED) is 0.596. The van der Waals surface area contributed by atoms with Gasteiger partial charge < -0.3 is 10.4 Å². The molecule has 0 radical (unpaired) electrons. The van der Waals surface area contributed by atoms with Crippen LogP contribution in [0.2, 0.25) is 0 Å². The molecule has 0 saturated carbocycles. The van der Waals surface area contributed by atoms with Gasteiger partial charge in [-0.25, -0.2) is 0 Å². The van der Waals surface area contributed by atoms with E-state index in [1.165, 1.54) is 0 Å². The van der Waals surface area contributed by atoms with Gasteiger partial charge in [-0.1, -0.05) is 0 Å². The minimum atomic E-state index is -0.931. The van der Waals surface area contributed by atoms with Gasteiger partial charge in [-0.15, -0.1) is 0 Å². The predicted octanol–water partition coefficient (Wildman–Crippen LogP) is 1.87. The van der Waals surface area contributed by atoms with E-state index in [1.807, 2.05) is 0 Å². The number of rotatable bonds is 10. The molecule has 5 nitrogen and oxygen atoms in total. The topological polar surface area (TPSA) is 69.6 Å². The van der Waals surface area contributed by atoms with E-state index in [-0.39, 0.29) is 18.7 Å². The van der Waals surface area contributed by atoms with Crippen LogP contribution in [0.5, 0.6) is 0 Å². The third kappa shape index (κ3) is 9.47. The van der Waals surface area contributed by atoms with Crippen molar-refractivity contribution in [3.8, 4) is 0 Å². The fourth-order valence-electron chi connectivity index (χ4n) is 2.07. The van der Waals surface area contributed by atoms with Crippen LogP contribution in [0.25, 0.3) is 0 Å². The Kier molecular flexibility index (Phi) is 9.21. The maximum atomic E-state index is 11.3. The molecule has 0 aromatic rings. The third-order valence-corrected chi connectivity index (χ3v) is 3.06. The third-order valence-electron chi connectivity index (χ3n) is 3.06. The van der Waals surface area contributed by atoms with E-state index in [2.05, 4.69) is 37.9 Å². The molecule has 0 spiro atoms. The molecule has 0 atom stereocenters. The smallest absolute Gasteiger partial charge is 0.303 e. The summed E-state index contributed by atoms with van der Waals surface area (Å²) in [6, 6.07) is 1.07. The van der Waals surface area contributed by atoms with Crippen molar-refractivity contribution in [2.75, 3.05) is 13.1 Å². The number of hydrogen-bond acceptors (Lipinski definition) is 3. The average Bonchev–Trinajstić information content (AvgIpc) is 2.29. The molecular weight excluding hydrogens is 244 g/mol. The summed E-state index contributed by atoms with van der Waals surface area (Å²) < 4.78 is 0. The van der Waals surface area contributed by atoms with Gasteiger partial charge in [0.25, 0.3) is 0 Å². The van der Waals surface area contributed by atoms with Crippen molar-refractivity contribution in [1.29, 1.82) is 0 Å². The van der Waals surface area contributed by atoms with Crippen LogP contribution in [-0.2, 0) is 9.59 Å². The van der Waals surface area contributed by atoms with Crippen LogP contribution in [0.4, 0.5) is 0 Å². The number of aliphatic carboxylic acids is 1. The van der Waals surface area contributed by atoms with Crippen molar-refractivity contribution in [3.05, 3.63) is 0 Å². The number of carbonyl (C=O) groups excluding carboxylic acids is 1. The van der Waals surface area contributed by atoms with Crippen molar-refractivity contribution in [3.63, 3.8) is 0 Å². The molecule has 0 aliphatic heterocycles. The Labute approximate surface area is 116 Å². The zero-order valence-electron chi connectivity index (χ0n) is 12.6. The van der Waals surface area contributed by atoms with Crippen LogP contribution in [0.1, 0.15) is 53.4 Å². The SMILES string of the molecule is CC(C)N(CCCCNC(=O)CCC(=O)O)C(C)C. The summed E-state index contributed by atoms with van der Waals surface area (Å²) in [4.78, 5) is 24.0. The Morgan fingerprint density at radius 3 is 2.11 bits per heavy atom. The maximum absolute atomic E-state index is 11.3. The Balaban J connectivity index is 3.63. The summed E-state index contributed by atoms with van der Waals surface area (Å²) in [5, 5.41) is 11.2. The lowest BCUT2D eigenvalue weighted by atomic mass is 10.2. The monoisotopic (exact) mass is 272 g/mol. The molecule has 0 aliphatic carbocycles.